The van der Waals surface area contributed by atoms with Gasteiger partial charge in [0, 0.05) is 21.9 Å². The molecular weight excluding hydrogens is 520 g/mol. The first-order chi connectivity index (χ1) is 32.2. The van der Waals surface area contributed by atoms with Crippen LogP contribution in [0.25, 0.3) is 87.6 Å². The number of para-hydroxylation sites is 2. The van der Waals surface area contributed by atoms with E-state index in [-0.39, 0.29) is 0 Å². The van der Waals surface area contributed by atoms with Crippen molar-refractivity contribution in [2.45, 2.75) is 0 Å². The standard InChI is InChI=1S/C42H26O/c1-2-15-28-27(13-1)14-11-23-29(28)30-16-3-4-18-32(30)40-33-19-5-7-21-35(33)41(36-22-8-6-20-34(36)40)38-25-12-24-37-31-17-9-10-26-39(31)43-42(37)38/h1-26H/i1D,2D,3D,4D,5D,6D,7D,8D,9D,10D,11D,12D,13D,14D,15D,16D,17D,18D,19D,20D,21D,22D,23D,24D,25D,26D. The first kappa shape index (κ1) is 9.69. The van der Waals surface area contributed by atoms with Gasteiger partial charge in [0.2, 0.25) is 0 Å². The first-order valence-electron chi connectivity index (χ1n) is 25.7. The largest absolute Gasteiger partial charge is 0.455 e. The van der Waals surface area contributed by atoms with E-state index in [1.54, 1.807) is 0 Å². The Hall–Kier alpha value is -5.66. The molecule has 0 saturated heterocycles. The average Bonchev–Trinajstić information content (AvgIpc) is 3.73. The van der Waals surface area contributed by atoms with Crippen LogP contribution >= 0.6 is 0 Å². The fourth-order valence-electron chi connectivity index (χ4n) is 5.32. The van der Waals surface area contributed by atoms with Crippen molar-refractivity contribution in [2.75, 3.05) is 0 Å². The third-order valence-corrected chi connectivity index (χ3v) is 7.06. The van der Waals surface area contributed by atoms with Crippen molar-refractivity contribution in [3.8, 4) is 33.4 Å². The van der Waals surface area contributed by atoms with E-state index in [2.05, 4.69) is 0 Å². The van der Waals surface area contributed by atoms with Gasteiger partial charge in [-0.3, -0.25) is 0 Å². The van der Waals surface area contributed by atoms with Gasteiger partial charge >= 0.3 is 0 Å². The lowest BCUT2D eigenvalue weighted by molar-refractivity contribution is 0.670. The molecule has 0 atom stereocenters. The van der Waals surface area contributed by atoms with Crippen LogP contribution < -0.4 is 0 Å². The molecule has 0 bridgehead atoms. The monoisotopic (exact) mass is 572 g/mol. The summed E-state index contributed by atoms with van der Waals surface area (Å²) in [4.78, 5) is 0. The van der Waals surface area contributed by atoms with Crippen molar-refractivity contribution in [1.82, 2.24) is 0 Å². The molecule has 0 aliphatic heterocycles. The van der Waals surface area contributed by atoms with Gasteiger partial charge in [-0.2, -0.15) is 0 Å². The molecule has 1 heterocycles. The molecule has 0 unspecified atom stereocenters. The maximum absolute atomic E-state index is 9.52. The summed E-state index contributed by atoms with van der Waals surface area (Å²) >= 11 is 0. The predicted octanol–water partition coefficient (Wildman–Crippen LogP) is 12.0. The second-order valence-electron chi connectivity index (χ2n) is 9.26. The molecule has 0 amide bonds. The average molecular weight is 573 g/mol. The van der Waals surface area contributed by atoms with Crippen LogP contribution in [0.4, 0.5) is 0 Å². The van der Waals surface area contributed by atoms with E-state index < -0.39 is 245 Å². The molecule has 0 aliphatic rings. The van der Waals surface area contributed by atoms with Crippen molar-refractivity contribution in [2.24, 2.45) is 0 Å². The molecule has 0 spiro atoms. The number of hydrogen-bond donors (Lipinski definition) is 0. The van der Waals surface area contributed by atoms with Gasteiger partial charge in [0.1, 0.15) is 11.2 Å². The molecule has 200 valence electrons. The topological polar surface area (TPSA) is 13.1 Å². The van der Waals surface area contributed by atoms with Gasteiger partial charge in [-0.05, 0) is 60.6 Å². The molecule has 0 fully saturated rings. The van der Waals surface area contributed by atoms with Gasteiger partial charge in [0.05, 0.1) is 35.6 Å². The normalized spacial score (nSPS) is 20.2. The lowest BCUT2D eigenvalue weighted by Crippen LogP contribution is -1.93. The van der Waals surface area contributed by atoms with E-state index in [0.29, 0.717) is 0 Å². The molecule has 1 heteroatoms. The van der Waals surface area contributed by atoms with E-state index in [1.165, 1.54) is 0 Å². The van der Waals surface area contributed by atoms with Crippen LogP contribution in [0.5, 0.6) is 0 Å². The Labute approximate surface area is 285 Å². The molecule has 9 rings (SSSR count). The Kier molecular flexibility index (Phi) is 2.13. The number of hydrogen-bond acceptors (Lipinski definition) is 1. The highest BCUT2D eigenvalue weighted by Crippen LogP contribution is 2.48. The highest BCUT2D eigenvalue weighted by atomic mass is 16.3. The van der Waals surface area contributed by atoms with Crippen LogP contribution in [0.15, 0.2) is 162 Å². The van der Waals surface area contributed by atoms with E-state index in [9.17, 15) is 11.0 Å². The maximum Gasteiger partial charge on any atom is 0.143 e. The third-order valence-electron chi connectivity index (χ3n) is 7.06. The fraction of sp³-hybridized carbons (Fsp3) is 0. The molecule has 43 heavy (non-hydrogen) atoms. The Morgan fingerprint density at radius 3 is 1.49 bits per heavy atom. The van der Waals surface area contributed by atoms with Crippen LogP contribution in [-0.2, 0) is 0 Å². The Morgan fingerprint density at radius 2 is 0.767 bits per heavy atom. The highest BCUT2D eigenvalue weighted by molar-refractivity contribution is 6.25. The Morgan fingerprint density at radius 1 is 0.326 bits per heavy atom. The number of fused-ring (bicyclic) bond motifs is 6. The highest BCUT2D eigenvalue weighted by Gasteiger charge is 2.21. The lowest BCUT2D eigenvalue weighted by Gasteiger charge is -2.20. The van der Waals surface area contributed by atoms with Gasteiger partial charge < -0.3 is 4.42 Å². The summed E-state index contributed by atoms with van der Waals surface area (Å²) in [7, 11) is 0. The minimum absolute atomic E-state index is 0.432. The fourth-order valence-corrected chi connectivity index (χ4v) is 5.32. The molecule has 9 aromatic rings. The third kappa shape index (κ3) is 3.58. The number of furan rings is 1. The molecule has 0 radical (unpaired) electrons. The molecule has 1 aromatic heterocycles. The zero-order valence-corrected chi connectivity index (χ0v) is 21.4. The minimum atomic E-state index is -1.08. The quantitative estimate of drug-likeness (QED) is 0.192. The van der Waals surface area contributed by atoms with Gasteiger partial charge in [0.15, 0.2) is 0 Å². The van der Waals surface area contributed by atoms with Gasteiger partial charge in [-0.15, -0.1) is 0 Å². The van der Waals surface area contributed by atoms with E-state index in [0.717, 1.165) is 0 Å². The Bertz CT molecular complexity index is 3880. The van der Waals surface area contributed by atoms with Crippen molar-refractivity contribution >= 4 is 54.3 Å². The lowest BCUT2D eigenvalue weighted by atomic mass is 9.83. The van der Waals surface area contributed by atoms with Gasteiger partial charge in [-0.25, -0.2) is 0 Å². The zero-order chi connectivity index (χ0) is 51.0. The summed E-state index contributed by atoms with van der Waals surface area (Å²) in [6.45, 7) is 0. The summed E-state index contributed by atoms with van der Waals surface area (Å²) in [6, 6.07) is -24.4. The molecule has 0 aliphatic carbocycles. The summed E-state index contributed by atoms with van der Waals surface area (Å²) in [6.07, 6.45) is 0. The second-order valence-corrected chi connectivity index (χ2v) is 9.26. The van der Waals surface area contributed by atoms with Crippen LogP contribution in [0, 0.1) is 0 Å². The predicted molar refractivity (Wildman–Crippen MR) is 183 cm³/mol. The summed E-state index contributed by atoms with van der Waals surface area (Å²) < 4.78 is 239. The summed E-state index contributed by atoms with van der Waals surface area (Å²) in [5, 5.41) is -5.25. The number of benzene rings is 8. The number of rotatable bonds is 3. The minimum Gasteiger partial charge on any atom is -0.455 e. The SMILES string of the molecule is [2H]c1c([2H])c([2H])c(-c2c3c([2H])c([2H])c([2H])c([2H])c3c(-c3c([2H])c([2H])c([2H])c4c3oc3c([2H])c([2H])c([2H])c([2H])c34)c3c([2H])c([2H])c([2H])c([2H])c23)c(-c2c([2H])c([2H])c([2H])c3c([2H])c([2H])c([2H])c([2H])c23)c1[2H]. The molecular formula is C42H26O. The van der Waals surface area contributed by atoms with E-state index in [1.807, 2.05) is 0 Å². The molecule has 8 aromatic carbocycles. The molecule has 0 saturated carbocycles. The van der Waals surface area contributed by atoms with Gasteiger partial charge in [-0.1, -0.05) is 151 Å². The van der Waals surface area contributed by atoms with Crippen molar-refractivity contribution in [3.05, 3.63) is 157 Å². The van der Waals surface area contributed by atoms with Crippen LogP contribution in [0.2, 0.25) is 0 Å². The van der Waals surface area contributed by atoms with E-state index in [4.69, 9.17) is 29.1 Å². The Balaban J connectivity index is 1.69. The smallest absolute Gasteiger partial charge is 0.143 e. The molecule has 1 nitrogen and oxygen atoms in total. The maximum atomic E-state index is 9.52. The van der Waals surface area contributed by atoms with Crippen molar-refractivity contribution < 1.29 is 40.1 Å². The zero-order valence-electron chi connectivity index (χ0n) is 47.4. The summed E-state index contributed by atoms with van der Waals surface area (Å²) in [5.41, 5.74) is -5.85. The molecule has 0 N–H and O–H groups in total. The second kappa shape index (κ2) is 9.44. The van der Waals surface area contributed by atoms with Crippen LogP contribution in [0.1, 0.15) is 35.6 Å². The van der Waals surface area contributed by atoms with Crippen LogP contribution in [-0.4, -0.2) is 0 Å². The van der Waals surface area contributed by atoms with Crippen molar-refractivity contribution in [3.63, 3.8) is 0 Å². The van der Waals surface area contributed by atoms with E-state index >= 15 is 0 Å². The van der Waals surface area contributed by atoms with Crippen LogP contribution in [0.3, 0.4) is 0 Å². The van der Waals surface area contributed by atoms with Crippen molar-refractivity contribution in [1.29, 1.82) is 0 Å². The van der Waals surface area contributed by atoms with Gasteiger partial charge in [0.25, 0.3) is 0 Å². The summed E-state index contributed by atoms with van der Waals surface area (Å²) in [5.74, 6) is 0. The first-order valence-corrected chi connectivity index (χ1v) is 12.7.